The third-order valence-electron chi connectivity index (χ3n) is 24.1. The fourth-order valence-corrected chi connectivity index (χ4v) is 17.8. The highest BCUT2D eigenvalue weighted by Gasteiger charge is 2.55. The van der Waals surface area contributed by atoms with Gasteiger partial charge in [-0.2, -0.15) is 0 Å². The topological polar surface area (TPSA) is 396 Å². The van der Waals surface area contributed by atoms with Gasteiger partial charge in [-0.05, 0) is 44.9 Å². The number of phosphoric ester groups is 2. The van der Waals surface area contributed by atoms with Crippen LogP contribution in [-0.2, 0) is 75.4 Å². The first-order valence-corrected chi connectivity index (χ1v) is 52.6. The Morgan fingerprint density at radius 2 is 0.680 bits per heavy atom. The molecule has 122 heavy (non-hydrogen) atoms. The molecule has 28 heteroatoms. The number of Topliss-reactive ketones (excluding diaryl/α,β-unsaturated/α-hetero) is 1. The van der Waals surface area contributed by atoms with Crippen molar-refractivity contribution in [2.24, 2.45) is 5.92 Å². The van der Waals surface area contributed by atoms with Crippen LogP contribution in [0, 0.1) is 5.92 Å². The van der Waals surface area contributed by atoms with Crippen molar-refractivity contribution in [2.45, 2.75) is 545 Å². The van der Waals surface area contributed by atoms with Gasteiger partial charge in [0.1, 0.15) is 48.4 Å². The molecule has 0 aromatic heterocycles. The van der Waals surface area contributed by atoms with E-state index in [4.69, 9.17) is 37.5 Å². The molecule has 2 heterocycles. The molecule has 0 saturated carbocycles. The molecule has 10 N–H and O–H groups in total. The fourth-order valence-electron chi connectivity index (χ4n) is 16.8. The van der Waals surface area contributed by atoms with Gasteiger partial charge in [0.25, 0.3) is 0 Å². The first-order valence-electron chi connectivity index (χ1n) is 49.6. The zero-order valence-corrected chi connectivity index (χ0v) is 79.0. The summed E-state index contributed by atoms with van der Waals surface area (Å²) in [5, 5.41) is 51.6. The van der Waals surface area contributed by atoms with E-state index in [0.717, 1.165) is 250 Å². The van der Waals surface area contributed by atoms with E-state index in [1.54, 1.807) is 0 Å². The number of phosphoric acid groups is 2. The Bertz CT molecular complexity index is 2690. The number of ether oxygens (including phenoxy) is 6. The lowest BCUT2D eigenvalue weighted by atomic mass is 9.90. The summed E-state index contributed by atoms with van der Waals surface area (Å²) >= 11 is 0. The van der Waals surface area contributed by atoms with Crippen LogP contribution in [0.5, 0.6) is 0 Å². The van der Waals surface area contributed by atoms with Crippen molar-refractivity contribution in [3.63, 3.8) is 0 Å². The largest absolute Gasteiger partial charge is 0.472 e. The molecule has 26 nitrogen and oxygen atoms in total. The number of carbonyl (C=O) groups is 6. The highest BCUT2D eigenvalue weighted by atomic mass is 31.2. The molecule has 2 aliphatic heterocycles. The summed E-state index contributed by atoms with van der Waals surface area (Å²) in [7, 11) is -11.3. The number of amides is 2. The van der Waals surface area contributed by atoms with Crippen molar-refractivity contribution in [1.82, 2.24) is 10.6 Å². The summed E-state index contributed by atoms with van der Waals surface area (Å²) in [6, 6.07) is -3.83. The summed E-state index contributed by atoms with van der Waals surface area (Å²) < 4.78 is 74.2. The molecule has 2 rings (SSSR count). The van der Waals surface area contributed by atoms with E-state index >= 15 is 9.59 Å². The molecule has 2 saturated heterocycles. The zero-order chi connectivity index (χ0) is 89.7. The maximum atomic E-state index is 15.2. The Hall–Kier alpha value is -3.04. The number of aliphatic hydroxyl groups is 4. The van der Waals surface area contributed by atoms with Gasteiger partial charge < -0.3 is 79.1 Å². The van der Waals surface area contributed by atoms with Crippen molar-refractivity contribution in [2.75, 3.05) is 13.2 Å². The molecule has 2 fully saturated rings. The summed E-state index contributed by atoms with van der Waals surface area (Å²) in [6.45, 7) is 10.9. The Morgan fingerprint density at radius 3 is 1.08 bits per heavy atom. The van der Waals surface area contributed by atoms with Crippen LogP contribution in [0.1, 0.15) is 465 Å². The third kappa shape index (κ3) is 60.0. The average Bonchev–Trinajstić information content (AvgIpc) is 0.777. The van der Waals surface area contributed by atoms with Gasteiger partial charge in [-0.3, -0.25) is 37.8 Å². The van der Waals surface area contributed by atoms with Crippen LogP contribution in [0.3, 0.4) is 0 Å². The van der Waals surface area contributed by atoms with Crippen LogP contribution >= 0.6 is 15.6 Å². The minimum atomic E-state index is -5.67. The Balaban J connectivity index is 2.85. The Kier molecular flexibility index (Phi) is 70.4. The summed E-state index contributed by atoms with van der Waals surface area (Å²) in [5.41, 5.74) is 0. The molecule has 0 aliphatic carbocycles. The SMILES string of the molecule is CCCCCCCCCCCCCC(=O)C(CCCCCCCCCCC)CC(=O)O[C@@H]1[C@@H](NC(=O)CC(CCCCCCCCCCC)OC(=O)CCCCCCCCCCC)[C@H](OC[C@H]2O[C@H](OP(=O)(O)O)[C@H](NC(=O)CC(O)CCCCCCCCCCC)[C@@H](OC(=O)CC(O)CCCCCCCCCCC)[C@@H]2O)O[C@H](CO)[C@H]1OP(=O)(O)O. The third-order valence-corrected chi connectivity index (χ3v) is 25.1. The normalized spacial score (nSPS) is 20.5. The van der Waals surface area contributed by atoms with Gasteiger partial charge in [0.15, 0.2) is 24.8 Å². The predicted molar refractivity (Wildman–Crippen MR) is 479 cm³/mol. The zero-order valence-electron chi connectivity index (χ0n) is 77.2. The Labute approximate surface area is 737 Å². The first kappa shape index (κ1) is 115. The highest BCUT2D eigenvalue weighted by molar-refractivity contribution is 7.46. The van der Waals surface area contributed by atoms with Crippen LogP contribution in [0.25, 0.3) is 0 Å². The quantitative estimate of drug-likeness (QED) is 0.0117. The number of ketones is 1. The van der Waals surface area contributed by atoms with E-state index in [9.17, 15) is 68.3 Å². The van der Waals surface area contributed by atoms with Crippen LogP contribution in [0.4, 0.5) is 0 Å². The molecular formula is C94H178N2O24P2. The second kappa shape index (κ2) is 74.7. The molecule has 2 amide bonds. The van der Waals surface area contributed by atoms with E-state index in [0.29, 0.717) is 44.9 Å². The van der Waals surface area contributed by atoms with E-state index < -0.39 is 170 Å². The molecule has 4 unspecified atom stereocenters. The van der Waals surface area contributed by atoms with E-state index in [1.807, 2.05) is 0 Å². The standard InChI is InChI=1S/C94H178N2O24P2/c1-7-13-19-25-31-37-38-44-49-55-61-67-79(100)75(63-57-51-45-39-32-26-20-14-8-2)69-85(104)118-92-88(96-83(102)72-78(66-60-54-48-42-35-29-23-17-11-5)114-84(103)68-62-56-50-43-36-30-24-18-12-6)93(115-80(73-97)90(92)119-121(107,108)109)113-74-81-89(106)91(117-86(105)71-77(99)65-59-53-47-41-34-28-22-16-10-4)87(94(116-81)120-122(110,111)112)95-82(101)70-76(98)64-58-52-46-40-33-27-21-15-9-3/h75-78,80-81,87-94,97-99,106H,7-74H2,1-6H3,(H,95,101)(H,96,102)(H2,107,108,109)(H2,110,111,112)/t75?,76?,77?,78?,80-,81-,87-,88-,89-,90-,91-,92-,93-,94-/m1/s1. The van der Waals surface area contributed by atoms with Gasteiger partial charge in [0, 0.05) is 18.8 Å². The number of unbranched alkanes of at least 4 members (excludes halogenated alkanes) is 50. The lowest BCUT2D eigenvalue weighted by Gasteiger charge is -2.47. The van der Waals surface area contributed by atoms with Gasteiger partial charge in [-0.25, -0.2) is 9.13 Å². The fraction of sp³-hybridized carbons (Fsp3) is 0.936. The van der Waals surface area contributed by atoms with Crippen molar-refractivity contribution in [1.29, 1.82) is 0 Å². The minimum absolute atomic E-state index is 0.0915. The van der Waals surface area contributed by atoms with E-state index in [1.165, 1.54) is 70.6 Å². The molecular weight excluding hydrogens is 1600 g/mol. The number of nitrogens with one attached hydrogen (secondary N) is 2. The lowest BCUT2D eigenvalue weighted by molar-refractivity contribution is -0.296. The number of aliphatic hydroxyl groups excluding tert-OH is 4. The second-order valence-corrected chi connectivity index (χ2v) is 38.0. The molecule has 0 bridgehead atoms. The summed E-state index contributed by atoms with van der Waals surface area (Å²) in [6.07, 6.45) is 35.9. The van der Waals surface area contributed by atoms with Crippen LogP contribution in [0.15, 0.2) is 0 Å². The predicted octanol–water partition coefficient (Wildman–Crippen LogP) is 20.9. The monoisotopic (exact) mass is 1780 g/mol. The van der Waals surface area contributed by atoms with Crippen molar-refractivity contribution < 1.29 is 115 Å². The van der Waals surface area contributed by atoms with Gasteiger partial charge in [-0.1, -0.05) is 382 Å². The van der Waals surface area contributed by atoms with Crippen LogP contribution in [0.2, 0.25) is 0 Å². The van der Waals surface area contributed by atoms with Crippen molar-refractivity contribution >= 4 is 51.2 Å². The summed E-state index contributed by atoms with van der Waals surface area (Å²) in [5.74, 6) is -5.44. The Morgan fingerprint density at radius 1 is 0.352 bits per heavy atom. The molecule has 0 aromatic carbocycles. The average molecular weight is 1780 g/mol. The van der Waals surface area contributed by atoms with Crippen molar-refractivity contribution in [3.8, 4) is 0 Å². The second-order valence-electron chi connectivity index (χ2n) is 35.6. The van der Waals surface area contributed by atoms with E-state index in [2.05, 4.69) is 52.2 Å². The first-order chi connectivity index (χ1) is 58.8. The number of hydrogen-bond acceptors (Lipinski definition) is 20. The highest BCUT2D eigenvalue weighted by Crippen LogP contribution is 2.44. The summed E-state index contributed by atoms with van der Waals surface area (Å²) in [4.78, 5) is 129. The van der Waals surface area contributed by atoms with Crippen molar-refractivity contribution in [3.05, 3.63) is 0 Å². The van der Waals surface area contributed by atoms with Gasteiger partial charge in [0.2, 0.25) is 11.8 Å². The van der Waals surface area contributed by atoms with Gasteiger partial charge >= 0.3 is 33.6 Å². The maximum absolute atomic E-state index is 15.2. The number of rotatable bonds is 84. The number of esters is 3. The van der Waals surface area contributed by atoms with E-state index in [-0.39, 0.29) is 37.9 Å². The molecule has 0 radical (unpaired) electrons. The van der Waals surface area contributed by atoms with Gasteiger partial charge in [0.05, 0.1) is 51.1 Å². The van der Waals surface area contributed by atoms with Gasteiger partial charge in [-0.15, -0.1) is 0 Å². The van der Waals surface area contributed by atoms with Crippen LogP contribution < -0.4 is 10.6 Å². The maximum Gasteiger partial charge on any atom is 0.472 e. The number of carbonyl (C=O) groups excluding carboxylic acids is 6. The molecule has 0 spiro atoms. The molecule has 0 aromatic rings. The number of hydrogen-bond donors (Lipinski definition) is 10. The minimum Gasteiger partial charge on any atom is -0.462 e. The lowest BCUT2D eigenvalue weighted by Crippen LogP contribution is -2.68. The smallest absolute Gasteiger partial charge is 0.462 e. The van der Waals surface area contributed by atoms with Crippen LogP contribution in [-0.4, -0.2) is 168 Å². The molecule has 718 valence electrons. The molecule has 2 aliphatic rings. The molecule has 14 atom stereocenters.